The van der Waals surface area contributed by atoms with Gasteiger partial charge in [-0.1, -0.05) is 47.5 Å². The molecule has 102 valence electrons. The molecule has 0 saturated heterocycles. The van der Waals surface area contributed by atoms with Crippen LogP contribution in [0.5, 0.6) is 0 Å². The first-order valence-corrected chi connectivity index (χ1v) is 7.03. The van der Waals surface area contributed by atoms with Crippen LogP contribution in [0.3, 0.4) is 0 Å². The number of anilines is 1. The predicted molar refractivity (Wildman–Crippen MR) is 80.5 cm³/mol. The Hall–Kier alpha value is -1.58. The number of carbonyl (C=O) groups excluding carboxylic acids is 1. The van der Waals surface area contributed by atoms with Gasteiger partial charge in [0, 0.05) is 0 Å². The molecular formula is C15H12Cl2N2O. The number of amides is 1. The molecule has 1 aromatic heterocycles. The van der Waals surface area contributed by atoms with E-state index in [1.165, 1.54) is 5.56 Å². The number of halogens is 2. The van der Waals surface area contributed by atoms with E-state index < -0.39 is 0 Å². The molecule has 1 atom stereocenters. The molecule has 0 bridgehead atoms. The Morgan fingerprint density at radius 2 is 2.10 bits per heavy atom. The number of rotatable bonds is 2. The standard InChI is InChI=1S/C15H12Cl2N2O/c1-8-6-12(16)18-14(17)13(8)19-15(20)11-7-9-4-2-3-5-10(9)11/h2-6,11H,7H2,1H3,(H,19,20). The van der Waals surface area contributed by atoms with Gasteiger partial charge in [0.05, 0.1) is 11.6 Å². The van der Waals surface area contributed by atoms with Crippen molar-refractivity contribution in [3.63, 3.8) is 0 Å². The van der Waals surface area contributed by atoms with Crippen LogP contribution in [0.1, 0.15) is 22.6 Å². The van der Waals surface area contributed by atoms with Crippen molar-refractivity contribution in [3.8, 4) is 0 Å². The fourth-order valence-corrected chi connectivity index (χ4v) is 3.03. The van der Waals surface area contributed by atoms with E-state index in [1.807, 2.05) is 31.2 Å². The summed E-state index contributed by atoms with van der Waals surface area (Å²) in [5, 5.41) is 3.39. The lowest BCUT2D eigenvalue weighted by atomic mass is 9.77. The number of carbonyl (C=O) groups is 1. The van der Waals surface area contributed by atoms with Crippen molar-refractivity contribution in [2.75, 3.05) is 5.32 Å². The Bertz CT molecular complexity index is 677. The summed E-state index contributed by atoms with van der Waals surface area (Å²) in [6.45, 7) is 1.84. The van der Waals surface area contributed by atoms with Crippen molar-refractivity contribution < 1.29 is 4.79 Å². The van der Waals surface area contributed by atoms with Gasteiger partial charge in [-0.3, -0.25) is 4.79 Å². The summed E-state index contributed by atoms with van der Waals surface area (Å²) in [5.41, 5.74) is 3.65. The number of hydrogen-bond donors (Lipinski definition) is 1. The van der Waals surface area contributed by atoms with Crippen LogP contribution in [0.15, 0.2) is 30.3 Å². The molecule has 1 heterocycles. The summed E-state index contributed by atoms with van der Waals surface area (Å²) in [7, 11) is 0. The molecule has 1 aromatic carbocycles. The van der Waals surface area contributed by atoms with Crippen LogP contribution in [-0.2, 0) is 11.2 Å². The summed E-state index contributed by atoms with van der Waals surface area (Å²) in [5.74, 6) is -0.171. The zero-order chi connectivity index (χ0) is 14.3. The van der Waals surface area contributed by atoms with Gasteiger partial charge >= 0.3 is 0 Å². The summed E-state index contributed by atoms with van der Waals surface area (Å²) >= 11 is 11.9. The van der Waals surface area contributed by atoms with E-state index in [1.54, 1.807) is 6.07 Å². The van der Waals surface area contributed by atoms with Crippen LogP contribution < -0.4 is 5.32 Å². The molecule has 0 spiro atoms. The first kappa shape index (κ1) is 13.4. The van der Waals surface area contributed by atoms with Crippen LogP contribution in [0.4, 0.5) is 5.69 Å². The average molecular weight is 307 g/mol. The van der Waals surface area contributed by atoms with Crippen LogP contribution in [0, 0.1) is 6.92 Å². The third-order valence-corrected chi connectivity index (χ3v) is 4.03. The Morgan fingerprint density at radius 3 is 2.80 bits per heavy atom. The van der Waals surface area contributed by atoms with E-state index in [0.717, 1.165) is 17.5 Å². The van der Waals surface area contributed by atoms with Gasteiger partial charge in [0.2, 0.25) is 5.91 Å². The molecule has 3 nitrogen and oxygen atoms in total. The van der Waals surface area contributed by atoms with Gasteiger partial charge in [0.1, 0.15) is 5.15 Å². The van der Waals surface area contributed by atoms with Gasteiger partial charge in [-0.2, -0.15) is 0 Å². The van der Waals surface area contributed by atoms with E-state index in [4.69, 9.17) is 23.2 Å². The second kappa shape index (κ2) is 5.08. The number of pyridine rings is 1. The lowest BCUT2D eigenvalue weighted by molar-refractivity contribution is -0.118. The van der Waals surface area contributed by atoms with Crippen molar-refractivity contribution in [1.29, 1.82) is 0 Å². The second-order valence-electron chi connectivity index (χ2n) is 4.87. The largest absolute Gasteiger partial charge is 0.323 e. The minimum Gasteiger partial charge on any atom is -0.323 e. The Morgan fingerprint density at radius 1 is 1.35 bits per heavy atom. The number of benzene rings is 1. The number of aromatic nitrogens is 1. The predicted octanol–water partition coefficient (Wildman–Crippen LogP) is 3.98. The minimum absolute atomic E-state index is 0.0576. The molecule has 2 aromatic rings. The highest BCUT2D eigenvalue weighted by Gasteiger charge is 2.32. The van der Waals surface area contributed by atoms with E-state index in [2.05, 4.69) is 10.3 Å². The normalized spacial score (nSPS) is 16.2. The highest BCUT2D eigenvalue weighted by molar-refractivity contribution is 6.34. The maximum Gasteiger partial charge on any atom is 0.232 e. The lowest BCUT2D eigenvalue weighted by Crippen LogP contribution is -2.30. The van der Waals surface area contributed by atoms with Gasteiger partial charge in [-0.05, 0) is 36.1 Å². The van der Waals surface area contributed by atoms with Crippen molar-refractivity contribution in [2.24, 2.45) is 0 Å². The molecule has 0 saturated carbocycles. The third kappa shape index (κ3) is 2.28. The summed E-state index contributed by atoms with van der Waals surface area (Å²) < 4.78 is 0. The molecule has 0 aliphatic heterocycles. The van der Waals surface area contributed by atoms with Crippen LogP contribution >= 0.6 is 23.2 Å². The van der Waals surface area contributed by atoms with Gasteiger partial charge in [0.15, 0.2) is 5.15 Å². The monoisotopic (exact) mass is 306 g/mol. The quantitative estimate of drug-likeness (QED) is 0.853. The molecule has 0 fully saturated rings. The number of hydrogen-bond acceptors (Lipinski definition) is 2. The number of fused-ring (bicyclic) bond motifs is 1. The number of nitrogens with zero attached hydrogens (tertiary/aromatic N) is 1. The first-order valence-electron chi connectivity index (χ1n) is 6.27. The maximum atomic E-state index is 12.3. The molecular weight excluding hydrogens is 295 g/mol. The number of aryl methyl sites for hydroxylation is 1. The fourth-order valence-electron chi connectivity index (χ4n) is 2.45. The van der Waals surface area contributed by atoms with E-state index in [9.17, 15) is 4.79 Å². The van der Waals surface area contributed by atoms with Gasteiger partial charge < -0.3 is 5.32 Å². The molecule has 5 heteroatoms. The van der Waals surface area contributed by atoms with Crippen molar-refractivity contribution in [2.45, 2.75) is 19.3 Å². The maximum absolute atomic E-state index is 12.3. The summed E-state index contributed by atoms with van der Waals surface area (Å²) in [4.78, 5) is 16.3. The highest BCUT2D eigenvalue weighted by atomic mass is 35.5. The molecule has 1 aliphatic rings. The second-order valence-corrected chi connectivity index (χ2v) is 5.62. The highest BCUT2D eigenvalue weighted by Crippen LogP contribution is 2.36. The molecule has 3 rings (SSSR count). The SMILES string of the molecule is Cc1cc(Cl)nc(Cl)c1NC(=O)C1Cc2ccccc21. The van der Waals surface area contributed by atoms with Crippen molar-refractivity contribution in [1.82, 2.24) is 4.98 Å². The molecule has 0 radical (unpaired) electrons. The molecule has 1 unspecified atom stereocenters. The van der Waals surface area contributed by atoms with Crippen molar-refractivity contribution >= 4 is 34.8 Å². The Balaban J connectivity index is 1.82. The van der Waals surface area contributed by atoms with E-state index in [-0.39, 0.29) is 17.0 Å². The third-order valence-electron chi connectivity index (χ3n) is 3.56. The summed E-state index contributed by atoms with van der Waals surface area (Å²) in [6, 6.07) is 9.63. The first-order chi connectivity index (χ1) is 9.56. The summed E-state index contributed by atoms with van der Waals surface area (Å²) in [6.07, 6.45) is 0.764. The smallest absolute Gasteiger partial charge is 0.232 e. The number of nitrogens with one attached hydrogen (secondary N) is 1. The molecule has 20 heavy (non-hydrogen) atoms. The Labute approximate surface area is 126 Å². The van der Waals surface area contributed by atoms with E-state index in [0.29, 0.717) is 10.8 Å². The van der Waals surface area contributed by atoms with Crippen LogP contribution in [-0.4, -0.2) is 10.9 Å². The zero-order valence-electron chi connectivity index (χ0n) is 10.8. The zero-order valence-corrected chi connectivity index (χ0v) is 12.3. The van der Waals surface area contributed by atoms with Gasteiger partial charge in [-0.15, -0.1) is 0 Å². The fraction of sp³-hybridized carbons (Fsp3) is 0.200. The molecule has 1 amide bonds. The molecule has 1 aliphatic carbocycles. The minimum atomic E-state index is -0.114. The average Bonchev–Trinajstić information content (AvgIpc) is 2.35. The van der Waals surface area contributed by atoms with Gasteiger partial charge in [-0.25, -0.2) is 4.98 Å². The Kier molecular flexibility index (Phi) is 3.40. The van der Waals surface area contributed by atoms with E-state index >= 15 is 0 Å². The van der Waals surface area contributed by atoms with Gasteiger partial charge in [0.25, 0.3) is 0 Å². The topological polar surface area (TPSA) is 42.0 Å². The lowest BCUT2D eigenvalue weighted by Gasteiger charge is -2.29. The van der Waals surface area contributed by atoms with Crippen LogP contribution in [0.25, 0.3) is 0 Å². The van der Waals surface area contributed by atoms with Crippen molar-refractivity contribution in [3.05, 3.63) is 57.3 Å². The van der Waals surface area contributed by atoms with Crippen LogP contribution in [0.2, 0.25) is 10.3 Å². The molecule has 1 N–H and O–H groups in total.